The van der Waals surface area contributed by atoms with Crippen LogP contribution < -0.4 is 5.32 Å². The minimum Gasteiger partial charge on any atom is -0.311 e. The zero-order valence-electron chi connectivity index (χ0n) is 13.1. The average Bonchev–Trinajstić information content (AvgIpc) is 2.90. The predicted molar refractivity (Wildman–Crippen MR) is 88.9 cm³/mol. The van der Waals surface area contributed by atoms with Gasteiger partial charge in [-0.3, -0.25) is 0 Å². The lowest BCUT2D eigenvalue weighted by Gasteiger charge is -2.17. The maximum Gasteiger partial charge on any atom is 0.269 e. The fourth-order valence-electron chi connectivity index (χ4n) is 3.17. The lowest BCUT2D eigenvalue weighted by Crippen LogP contribution is -2.27. The number of aryl methyl sites for hydroxylation is 1. The van der Waals surface area contributed by atoms with Crippen LogP contribution in [0, 0.1) is 12.7 Å². The van der Waals surface area contributed by atoms with Crippen molar-refractivity contribution in [3.8, 4) is 0 Å². The van der Waals surface area contributed by atoms with Gasteiger partial charge < -0.3 is 5.32 Å². The third-order valence-corrected chi connectivity index (χ3v) is 6.09. The van der Waals surface area contributed by atoms with Gasteiger partial charge in [0.15, 0.2) is 5.65 Å². The standard InChI is InChI=1S/C17H16FN3O2S/c1-11-2-4-13(5-3-11)24(22,23)21-16-10-19-7-6-14(16)15-8-12(18)9-20-17(15)21/h2-5,8-9,19H,6-7,10H2,1H3. The first-order valence-electron chi connectivity index (χ1n) is 7.69. The third kappa shape index (κ3) is 2.23. The van der Waals surface area contributed by atoms with Crippen LogP contribution in [0.5, 0.6) is 0 Å². The zero-order valence-corrected chi connectivity index (χ0v) is 13.9. The Morgan fingerprint density at radius 1 is 1.25 bits per heavy atom. The number of pyridine rings is 1. The maximum absolute atomic E-state index is 13.6. The Balaban J connectivity index is 2.04. The van der Waals surface area contributed by atoms with Gasteiger partial charge in [0.1, 0.15) is 5.82 Å². The lowest BCUT2D eigenvalue weighted by atomic mass is 10.1. The minimum absolute atomic E-state index is 0.199. The van der Waals surface area contributed by atoms with Crippen molar-refractivity contribution in [3.05, 3.63) is 59.2 Å². The highest BCUT2D eigenvalue weighted by molar-refractivity contribution is 7.90. The van der Waals surface area contributed by atoms with E-state index in [9.17, 15) is 12.8 Å². The molecule has 0 saturated carbocycles. The molecule has 0 spiro atoms. The molecule has 1 aliphatic heterocycles. The van der Waals surface area contributed by atoms with Gasteiger partial charge in [0.25, 0.3) is 10.0 Å². The molecule has 0 aliphatic carbocycles. The molecule has 0 bridgehead atoms. The van der Waals surface area contributed by atoms with Crippen molar-refractivity contribution in [3.63, 3.8) is 0 Å². The molecule has 0 fully saturated rings. The first-order valence-corrected chi connectivity index (χ1v) is 9.13. The number of halogens is 1. The van der Waals surface area contributed by atoms with Crippen molar-refractivity contribution in [1.29, 1.82) is 0 Å². The first-order chi connectivity index (χ1) is 11.5. The van der Waals surface area contributed by atoms with E-state index in [1.807, 2.05) is 6.92 Å². The second-order valence-corrected chi connectivity index (χ2v) is 7.75. The molecule has 1 N–H and O–H groups in total. The van der Waals surface area contributed by atoms with Gasteiger partial charge in [-0.25, -0.2) is 21.8 Å². The molecule has 0 unspecified atom stereocenters. The Morgan fingerprint density at radius 3 is 2.75 bits per heavy atom. The minimum atomic E-state index is -3.80. The van der Waals surface area contributed by atoms with E-state index in [0.717, 1.165) is 23.9 Å². The molecule has 24 heavy (non-hydrogen) atoms. The third-order valence-electron chi connectivity index (χ3n) is 4.35. The fraction of sp³-hybridized carbons (Fsp3) is 0.235. The van der Waals surface area contributed by atoms with Crippen molar-refractivity contribution in [2.75, 3.05) is 6.54 Å². The Bertz CT molecular complexity index is 1040. The van der Waals surface area contributed by atoms with Gasteiger partial charge in [0, 0.05) is 11.9 Å². The summed E-state index contributed by atoms with van der Waals surface area (Å²) in [6.45, 7) is 3.04. The summed E-state index contributed by atoms with van der Waals surface area (Å²) >= 11 is 0. The molecule has 3 heterocycles. The van der Waals surface area contributed by atoms with E-state index in [4.69, 9.17) is 0 Å². The molecular formula is C17H16FN3O2S. The molecule has 124 valence electrons. The number of benzene rings is 1. The van der Waals surface area contributed by atoms with Gasteiger partial charge in [0.2, 0.25) is 0 Å². The van der Waals surface area contributed by atoms with E-state index in [0.29, 0.717) is 24.0 Å². The van der Waals surface area contributed by atoms with Gasteiger partial charge in [-0.15, -0.1) is 0 Å². The molecule has 1 aliphatic rings. The summed E-state index contributed by atoms with van der Waals surface area (Å²) in [5, 5.41) is 3.75. The fourth-order valence-corrected chi connectivity index (χ4v) is 4.70. The SMILES string of the molecule is Cc1ccc(S(=O)(=O)n2c3c(c4cc(F)cnc42)CCNC3)cc1. The second-order valence-electron chi connectivity index (χ2n) is 5.96. The topological polar surface area (TPSA) is 64.0 Å². The van der Waals surface area contributed by atoms with Crippen LogP contribution in [-0.2, 0) is 23.0 Å². The number of aromatic nitrogens is 2. The van der Waals surface area contributed by atoms with Crippen molar-refractivity contribution < 1.29 is 12.8 Å². The molecule has 0 amide bonds. The molecular weight excluding hydrogens is 329 g/mol. The quantitative estimate of drug-likeness (QED) is 0.774. The number of nitrogens with one attached hydrogen (secondary N) is 1. The van der Waals surface area contributed by atoms with Crippen LogP contribution in [-0.4, -0.2) is 23.9 Å². The van der Waals surface area contributed by atoms with E-state index < -0.39 is 15.8 Å². The van der Waals surface area contributed by atoms with Crippen LogP contribution in [0.15, 0.2) is 41.4 Å². The highest BCUT2D eigenvalue weighted by atomic mass is 32.2. The molecule has 7 heteroatoms. The van der Waals surface area contributed by atoms with E-state index >= 15 is 0 Å². The second kappa shape index (κ2) is 5.39. The van der Waals surface area contributed by atoms with Crippen molar-refractivity contribution in [2.45, 2.75) is 24.8 Å². The maximum atomic E-state index is 13.6. The Kier molecular flexibility index (Phi) is 3.43. The van der Waals surface area contributed by atoms with Crippen LogP contribution in [0.2, 0.25) is 0 Å². The van der Waals surface area contributed by atoms with Gasteiger partial charge >= 0.3 is 0 Å². The smallest absolute Gasteiger partial charge is 0.269 e. The van der Waals surface area contributed by atoms with Gasteiger partial charge in [-0.1, -0.05) is 17.7 Å². The van der Waals surface area contributed by atoms with E-state index in [1.165, 1.54) is 10.0 Å². The molecule has 1 aromatic carbocycles. The summed E-state index contributed by atoms with van der Waals surface area (Å²) in [7, 11) is -3.80. The van der Waals surface area contributed by atoms with Gasteiger partial charge in [0.05, 0.1) is 16.8 Å². The van der Waals surface area contributed by atoms with Gasteiger partial charge in [-0.05, 0) is 43.7 Å². The monoisotopic (exact) mass is 345 g/mol. The van der Waals surface area contributed by atoms with E-state index in [-0.39, 0.29) is 10.5 Å². The highest BCUT2D eigenvalue weighted by Crippen LogP contribution is 2.31. The number of hydrogen-bond acceptors (Lipinski definition) is 4. The molecule has 3 aromatic rings. The molecule has 4 rings (SSSR count). The largest absolute Gasteiger partial charge is 0.311 e. The van der Waals surface area contributed by atoms with Crippen LogP contribution in [0.3, 0.4) is 0 Å². The Labute approximate surface area is 139 Å². The number of rotatable bonds is 2. The number of fused-ring (bicyclic) bond motifs is 3. The summed E-state index contributed by atoms with van der Waals surface area (Å²) in [5.74, 6) is -0.464. The van der Waals surface area contributed by atoms with Crippen molar-refractivity contribution in [2.24, 2.45) is 0 Å². The Morgan fingerprint density at radius 2 is 2.00 bits per heavy atom. The number of hydrogen-bond donors (Lipinski definition) is 1. The van der Waals surface area contributed by atoms with Crippen LogP contribution in [0.4, 0.5) is 4.39 Å². The molecule has 0 atom stereocenters. The number of nitrogens with zero attached hydrogens (tertiary/aromatic N) is 2. The predicted octanol–water partition coefficient (Wildman–Crippen LogP) is 2.37. The summed E-state index contributed by atoms with van der Waals surface area (Å²) in [5.41, 5.74) is 2.75. The molecule has 5 nitrogen and oxygen atoms in total. The van der Waals surface area contributed by atoms with Crippen molar-refractivity contribution >= 4 is 21.1 Å². The average molecular weight is 345 g/mol. The van der Waals surface area contributed by atoms with E-state index in [2.05, 4.69) is 10.3 Å². The molecule has 2 aromatic heterocycles. The molecule has 0 radical (unpaired) electrons. The first kappa shape index (κ1) is 15.3. The zero-order chi connectivity index (χ0) is 16.9. The lowest BCUT2D eigenvalue weighted by molar-refractivity contribution is 0.577. The Hall–Kier alpha value is -2.25. The summed E-state index contributed by atoms with van der Waals surface area (Å²) in [6, 6.07) is 8.06. The summed E-state index contributed by atoms with van der Waals surface area (Å²) in [4.78, 5) is 4.27. The van der Waals surface area contributed by atoms with Crippen LogP contribution in [0.1, 0.15) is 16.8 Å². The summed E-state index contributed by atoms with van der Waals surface area (Å²) in [6.07, 6.45) is 1.70. The van der Waals surface area contributed by atoms with Gasteiger partial charge in [-0.2, -0.15) is 0 Å². The van der Waals surface area contributed by atoms with Crippen molar-refractivity contribution in [1.82, 2.24) is 14.3 Å². The normalized spacial score (nSPS) is 14.8. The van der Waals surface area contributed by atoms with Crippen LogP contribution in [0.25, 0.3) is 11.0 Å². The summed E-state index contributed by atoms with van der Waals surface area (Å²) < 4.78 is 41.3. The van der Waals surface area contributed by atoms with E-state index in [1.54, 1.807) is 24.3 Å². The van der Waals surface area contributed by atoms with Crippen LogP contribution >= 0.6 is 0 Å². The molecule has 0 saturated heterocycles. The highest BCUT2D eigenvalue weighted by Gasteiger charge is 2.29.